The van der Waals surface area contributed by atoms with Crippen LogP contribution in [0.25, 0.3) is 0 Å². The molecular formula is C15H27N3O. The first-order valence-electron chi connectivity index (χ1n) is 7.44. The van der Waals surface area contributed by atoms with Crippen LogP contribution in [0.4, 0.5) is 0 Å². The van der Waals surface area contributed by atoms with E-state index in [1.165, 1.54) is 31.4 Å². The Hall–Kier alpha value is -0.870. The van der Waals surface area contributed by atoms with E-state index in [0.29, 0.717) is 6.04 Å². The van der Waals surface area contributed by atoms with E-state index in [0.717, 1.165) is 19.4 Å². The Balaban J connectivity index is 1.94. The molecule has 0 aromatic carbocycles. The number of aryl methyl sites for hydroxylation is 1. The summed E-state index contributed by atoms with van der Waals surface area (Å²) >= 11 is 0. The largest absolute Gasteiger partial charge is 0.378 e. The van der Waals surface area contributed by atoms with Crippen molar-refractivity contribution >= 4 is 0 Å². The number of rotatable bonds is 8. The van der Waals surface area contributed by atoms with Crippen molar-refractivity contribution in [3.63, 3.8) is 0 Å². The Bertz CT molecular complexity index is 379. The molecule has 1 aromatic heterocycles. The van der Waals surface area contributed by atoms with Crippen LogP contribution in [0.1, 0.15) is 44.7 Å². The van der Waals surface area contributed by atoms with E-state index in [9.17, 15) is 0 Å². The van der Waals surface area contributed by atoms with Gasteiger partial charge in [-0.2, -0.15) is 5.10 Å². The number of methoxy groups -OCH3 is 1. The molecular weight excluding hydrogens is 238 g/mol. The lowest BCUT2D eigenvalue weighted by molar-refractivity contribution is -0.0834. The predicted octanol–water partition coefficient (Wildman–Crippen LogP) is 2.29. The molecule has 0 saturated heterocycles. The highest BCUT2D eigenvalue weighted by atomic mass is 16.5. The van der Waals surface area contributed by atoms with Gasteiger partial charge in [-0.15, -0.1) is 0 Å². The number of hydrogen-bond donors (Lipinski definition) is 1. The van der Waals surface area contributed by atoms with Gasteiger partial charge in [0.15, 0.2) is 0 Å². The van der Waals surface area contributed by atoms with Gasteiger partial charge in [0, 0.05) is 32.8 Å². The van der Waals surface area contributed by atoms with Crippen molar-refractivity contribution in [3.8, 4) is 0 Å². The summed E-state index contributed by atoms with van der Waals surface area (Å²) in [4.78, 5) is 0. The minimum Gasteiger partial charge on any atom is -0.378 e. The molecule has 1 aromatic rings. The zero-order valence-electron chi connectivity index (χ0n) is 12.5. The summed E-state index contributed by atoms with van der Waals surface area (Å²) in [5, 5.41) is 8.15. The molecule has 4 nitrogen and oxygen atoms in total. The average molecular weight is 265 g/mol. The van der Waals surface area contributed by atoms with Crippen LogP contribution in [-0.4, -0.2) is 35.1 Å². The van der Waals surface area contributed by atoms with Gasteiger partial charge in [-0.3, -0.25) is 4.68 Å². The van der Waals surface area contributed by atoms with Crippen molar-refractivity contribution in [2.45, 2.75) is 57.1 Å². The maximum Gasteiger partial charge on any atom is 0.0693 e. The van der Waals surface area contributed by atoms with Crippen molar-refractivity contribution in [2.75, 3.05) is 13.7 Å². The number of nitrogens with zero attached hydrogens (tertiary/aromatic N) is 2. The molecule has 1 atom stereocenters. The predicted molar refractivity (Wildman–Crippen MR) is 77.2 cm³/mol. The summed E-state index contributed by atoms with van der Waals surface area (Å²) in [6.45, 7) is 3.28. The second-order valence-electron chi connectivity index (χ2n) is 5.78. The third kappa shape index (κ3) is 3.80. The molecule has 1 heterocycles. The highest BCUT2D eigenvalue weighted by Gasteiger charge is 2.38. The molecule has 1 fully saturated rings. The van der Waals surface area contributed by atoms with Crippen LogP contribution in [-0.2, 0) is 18.2 Å². The Morgan fingerprint density at radius 2 is 2.32 bits per heavy atom. The molecule has 1 saturated carbocycles. The van der Waals surface area contributed by atoms with E-state index in [1.807, 2.05) is 25.0 Å². The van der Waals surface area contributed by atoms with Crippen molar-refractivity contribution < 1.29 is 4.74 Å². The zero-order valence-corrected chi connectivity index (χ0v) is 12.5. The van der Waals surface area contributed by atoms with E-state index in [4.69, 9.17) is 4.74 Å². The highest BCUT2D eigenvalue weighted by Crippen LogP contribution is 2.39. The van der Waals surface area contributed by atoms with Crippen LogP contribution in [0.5, 0.6) is 0 Å². The standard InChI is InChI=1S/C15H27N3O/c1-4-9-16-14(11-13-6-10-18(2)17-13)12-15(19-3)7-5-8-15/h6,10,14,16H,4-5,7-9,11-12H2,1-3H3. The monoisotopic (exact) mass is 265 g/mol. The lowest BCUT2D eigenvalue weighted by atomic mass is 9.75. The van der Waals surface area contributed by atoms with Gasteiger partial charge in [-0.05, 0) is 44.7 Å². The number of hydrogen-bond acceptors (Lipinski definition) is 3. The minimum atomic E-state index is 0.125. The number of nitrogens with one attached hydrogen (secondary N) is 1. The minimum absolute atomic E-state index is 0.125. The lowest BCUT2D eigenvalue weighted by Crippen LogP contribution is -2.46. The fraction of sp³-hybridized carbons (Fsp3) is 0.800. The van der Waals surface area contributed by atoms with E-state index in [1.54, 1.807) is 0 Å². The quantitative estimate of drug-likeness (QED) is 0.784. The third-order valence-electron chi connectivity index (χ3n) is 4.22. The molecule has 2 rings (SSSR count). The van der Waals surface area contributed by atoms with Crippen molar-refractivity contribution in [1.29, 1.82) is 0 Å². The van der Waals surface area contributed by atoms with E-state index in [-0.39, 0.29) is 5.60 Å². The normalized spacial score (nSPS) is 19.1. The summed E-state index contributed by atoms with van der Waals surface area (Å²) in [5.74, 6) is 0. The molecule has 1 aliphatic rings. The van der Waals surface area contributed by atoms with Gasteiger partial charge in [0.05, 0.1) is 11.3 Å². The Morgan fingerprint density at radius 3 is 2.79 bits per heavy atom. The molecule has 0 aliphatic heterocycles. The van der Waals surface area contributed by atoms with Crippen molar-refractivity contribution in [2.24, 2.45) is 7.05 Å². The molecule has 0 spiro atoms. The summed E-state index contributed by atoms with van der Waals surface area (Å²) in [6, 6.07) is 2.58. The fourth-order valence-corrected chi connectivity index (χ4v) is 2.90. The zero-order chi connectivity index (χ0) is 13.7. The molecule has 4 heteroatoms. The second kappa shape index (κ2) is 6.53. The first-order chi connectivity index (χ1) is 9.17. The van der Waals surface area contributed by atoms with Gasteiger partial charge in [0.25, 0.3) is 0 Å². The fourth-order valence-electron chi connectivity index (χ4n) is 2.90. The van der Waals surface area contributed by atoms with E-state index in [2.05, 4.69) is 23.4 Å². The van der Waals surface area contributed by atoms with Crippen LogP contribution >= 0.6 is 0 Å². The Morgan fingerprint density at radius 1 is 1.53 bits per heavy atom. The first kappa shape index (κ1) is 14.5. The van der Waals surface area contributed by atoms with Crippen LogP contribution in [0.15, 0.2) is 12.3 Å². The van der Waals surface area contributed by atoms with Gasteiger partial charge in [-0.25, -0.2) is 0 Å². The molecule has 0 amide bonds. The van der Waals surface area contributed by atoms with Gasteiger partial charge in [-0.1, -0.05) is 6.92 Å². The van der Waals surface area contributed by atoms with Gasteiger partial charge >= 0.3 is 0 Å². The van der Waals surface area contributed by atoms with Crippen LogP contribution < -0.4 is 5.32 Å². The Labute approximate surface area is 116 Å². The van der Waals surface area contributed by atoms with E-state index < -0.39 is 0 Å². The van der Waals surface area contributed by atoms with Gasteiger partial charge < -0.3 is 10.1 Å². The molecule has 0 bridgehead atoms. The maximum absolute atomic E-state index is 5.76. The molecule has 108 valence electrons. The molecule has 1 N–H and O–H groups in total. The maximum atomic E-state index is 5.76. The van der Waals surface area contributed by atoms with Gasteiger partial charge in [0.2, 0.25) is 0 Å². The average Bonchev–Trinajstić information content (AvgIpc) is 2.76. The van der Waals surface area contributed by atoms with Crippen molar-refractivity contribution in [1.82, 2.24) is 15.1 Å². The summed E-state index contributed by atoms with van der Waals surface area (Å²) in [7, 11) is 3.83. The SMILES string of the molecule is CCCNC(Cc1ccn(C)n1)CC1(OC)CCC1. The molecule has 1 unspecified atom stereocenters. The second-order valence-corrected chi connectivity index (χ2v) is 5.78. The van der Waals surface area contributed by atoms with E-state index >= 15 is 0 Å². The van der Waals surface area contributed by atoms with Crippen LogP contribution in [0.3, 0.4) is 0 Å². The van der Waals surface area contributed by atoms with Gasteiger partial charge in [0.1, 0.15) is 0 Å². The summed E-state index contributed by atoms with van der Waals surface area (Å²) < 4.78 is 7.64. The third-order valence-corrected chi connectivity index (χ3v) is 4.22. The molecule has 0 radical (unpaired) electrons. The number of aromatic nitrogens is 2. The summed E-state index contributed by atoms with van der Waals surface area (Å²) in [6.07, 6.45) is 8.98. The number of ether oxygens (including phenoxy) is 1. The topological polar surface area (TPSA) is 39.1 Å². The molecule has 1 aliphatic carbocycles. The summed E-state index contributed by atoms with van der Waals surface area (Å²) in [5.41, 5.74) is 1.29. The van der Waals surface area contributed by atoms with Crippen LogP contribution in [0.2, 0.25) is 0 Å². The molecule has 19 heavy (non-hydrogen) atoms. The van der Waals surface area contributed by atoms with Crippen molar-refractivity contribution in [3.05, 3.63) is 18.0 Å². The lowest BCUT2D eigenvalue weighted by Gasteiger charge is -2.43. The smallest absolute Gasteiger partial charge is 0.0693 e. The highest BCUT2D eigenvalue weighted by molar-refractivity contribution is 5.03. The van der Waals surface area contributed by atoms with Crippen LogP contribution in [0, 0.1) is 0 Å². The Kier molecular flexibility index (Phi) is 4.99. The first-order valence-corrected chi connectivity index (χ1v) is 7.44.